The quantitative estimate of drug-likeness (QED) is 0.476. The number of benzene rings is 2. The zero-order chi connectivity index (χ0) is 23.3. The van der Waals surface area contributed by atoms with Gasteiger partial charge in [-0.2, -0.15) is 4.68 Å². The lowest BCUT2D eigenvalue weighted by Crippen LogP contribution is -2.45. The third-order valence-corrected chi connectivity index (χ3v) is 5.82. The van der Waals surface area contributed by atoms with Gasteiger partial charge in [0.1, 0.15) is 11.4 Å². The maximum Gasteiger partial charge on any atom is 0.573 e. The van der Waals surface area contributed by atoms with Gasteiger partial charge in [-0.3, -0.25) is 0 Å². The van der Waals surface area contributed by atoms with E-state index < -0.39 is 6.36 Å². The number of carbonyl (C=O) groups excluding carboxylic acids is 1. The molecule has 1 saturated carbocycles. The summed E-state index contributed by atoms with van der Waals surface area (Å²) >= 11 is 0. The van der Waals surface area contributed by atoms with Gasteiger partial charge >= 0.3 is 12.4 Å². The Bertz CT molecular complexity index is 1050. The van der Waals surface area contributed by atoms with E-state index >= 15 is 0 Å². The second-order valence-corrected chi connectivity index (χ2v) is 8.12. The third kappa shape index (κ3) is 6.12. The third-order valence-electron chi connectivity index (χ3n) is 5.82. The van der Waals surface area contributed by atoms with Gasteiger partial charge in [0.25, 0.3) is 0 Å². The summed E-state index contributed by atoms with van der Waals surface area (Å²) in [5.41, 5.74) is 2.09. The van der Waals surface area contributed by atoms with Crippen LogP contribution in [-0.4, -0.2) is 44.9 Å². The number of alkyl halides is 3. The van der Waals surface area contributed by atoms with Crippen LogP contribution in [0.2, 0.25) is 0 Å². The number of hydrogen-bond donors (Lipinski definition) is 0. The number of aromatic nitrogens is 3. The average Bonchev–Trinajstić information content (AvgIpc) is 3.30. The molecule has 0 bridgehead atoms. The van der Waals surface area contributed by atoms with Crippen molar-refractivity contribution in [2.75, 3.05) is 6.54 Å². The molecule has 4 rings (SSSR count). The second-order valence-electron chi connectivity index (χ2n) is 8.12. The van der Waals surface area contributed by atoms with E-state index in [1.807, 2.05) is 35.2 Å². The van der Waals surface area contributed by atoms with Crippen molar-refractivity contribution in [1.29, 1.82) is 0 Å². The van der Waals surface area contributed by atoms with E-state index in [0.717, 1.165) is 37.7 Å². The van der Waals surface area contributed by atoms with Crippen LogP contribution >= 0.6 is 0 Å². The Labute approximate surface area is 190 Å². The molecule has 1 aliphatic carbocycles. The highest BCUT2D eigenvalue weighted by atomic mass is 19.4. The summed E-state index contributed by atoms with van der Waals surface area (Å²) < 4.78 is 42.2. The first-order valence-electron chi connectivity index (χ1n) is 11.0. The van der Waals surface area contributed by atoms with Crippen LogP contribution in [0.5, 0.6) is 5.75 Å². The van der Waals surface area contributed by atoms with E-state index in [0.29, 0.717) is 17.8 Å². The normalized spacial score (nSPS) is 14.8. The molecule has 0 radical (unpaired) electrons. The van der Waals surface area contributed by atoms with Crippen LogP contribution in [0.4, 0.5) is 18.0 Å². The zero-order valence-electron chi connectivity index (χ0n) is 18.0. The molecule has 6 nitrogen and oxygen atoms in total. The van der Waals surface area contributed by atoms with Crippen molar-refractivity contribution in [1.82, 2.24) is 19.9 Å². The van der Waals surface area contributed by atoms with Crippen molar-refractivity contribution in [3.8, 4) is 17.0 Å². The van der Waals surface area contributed by atoms with E-state index in [1.165, 1.54) is 41.6 Å². The van der Waals surface area contributed by atoms with Gasteiger partial charge in [-0.15, -0.1) is 18.3 Å². The number of hydrogen-bond acceptors (Lipinski definition) is 4. The standard InChI is InChI=1S/C24H25F3N4O2/c25-24(26,27)33-21-13-11-19(12-14-21)22-17-31(29-28-22)23(32)30(20-9-5-2-6-10-20)16-15-18-7-3-1-4-8-18/h1,3-4,7-8,11-14,17,20H,2,5-6,9-10,15-16H2. The first-order valence-corrected chi connectivity index (χ1v) is 11.0. The van der Waals surface area contributed by atoms with Gasteiger partial charge < -0.3 is 9.64 Å². The van der Waals surface area contributed by atoms with Gasteiger partial charge in [-0.05, 0) is 49.1 Å². The molecule has 1 fully saturated rings. The fraction of sp³-hybridized carbons (Fsp3) is 0.375. The van der Waals surface area contributed by atoms with Crippen LogP contribution in [-0.2, 0) is 6.42 Å². The van der Waals surface area contributed by atoms with Gasteiger partial charge in [0.2, 0.25) is 0 Å². The molecule has 33 heavy (non-hydrogen) atoms. The molecule has 0 saturated heterocycles. The minimum atomic E-state index is -4.75. The number of amides is 1. The van der Waals surface area contributed by atoms with Crippen LogP contribution in [0.3, 0.4) is 0 Å². The van der Waals surface area contributed by atoms with Crippen molar-refractivity contribution in [3.05, 3.63) is 66.4 Å². The van der Waals surface area contributed by atoms with Crippen LogP contribution in [0.1, 0.15) is 37.7 Å². The van der Waals surface area contributed by atoms with Crippen molar-refractivity contribution in [2.24, 2.45) is 0 Å². The summed E-state index contributed by atoms with van der Waals surface area (Å²) in [6.45, 7) is 0.576. The highest BCUT2D eigenvalue weighted by Gasteiger charge is 2.31. The number of ether oxygens (including phenoxy) is 1. The Morgan fingerprint density at radius 2 is 1.73 bits per heavy atom. The summed E-state index contributed by atoms with van der Waals surface area (Å²) in [6, 6.07) is 15.2. The molecular formula is C24H25F3N4O2. The van der Waals surface area contributed by atoms with Gasteiger partial charge in [-0.25, -0.2) is 4.79 Å². The van der Waals surface area contributed by atoms with Crippen LogP contribution < -0.4 is 4.74 Å². The second kappa shape index (κ2) is 10.1. The van der Waals surface area contributed by atoms with E-state index in [9.17, 15) is 18.0 Å². The Morgan fingerprint density at radius 1 is 1.03 bits per heavy atom. The lowest BCUT2D eigenvalue weighted by atomic mass is 9.94. The maximum absolute atomic E-state index is 13.4. The fourth-order valence-electron chi connectivity index (χ4n) is 4.17. The molecule has 0 spiro atoms. The van der Waals surface area contributed by atoms with Gasteiger partial charge in [0.15, 0.2) is 0 Å². The van der Waals surface area contributed by atoms with Crippen LogP contribution in [0.25, 0.3) is 11.3 Å². The lowest BCUT2D eigenvalue weighted by molar-refractivity contribution is -0.274. The molecule has 1 aliphatic rings. The molecule has 3 aromatic rings. The molecule has 1 heterocycles. The van der Waals surface area contributed by atoms with Gasteiger partial charge in [0.05, 0.1) is 6.20 Å². The molecule has 0 atom stereocenters. The molecule has 1 aromatic heterocycles. The summed E-state index contributed by atoms with van der Waals surface area (Å²) in [5, 5.41) is 8.07. The molecule has 174 valence electrons. The highest BCUT2D eigenvalue weighted by molar-refractivity contribution is 5.77. The molecule has 0 N–H and O–H groups in total. The SMILES string of the molecule is O=C(N(CCc1ccccc1)C1CCCCC1)n1cc(-c2ccc(OC(F)(F)F)cc2)nn1. The number of nitrogens with zero attached hydrogens (tertiary/aromatic N) is 4. The van der Waals surface area contributed by atoms with Crippen LogP contribution in [0.15, 0.2) is 60.8 Å². The molecule has 0 aliphatic heterocycles. The minimum Gasteiger partial charge on any atom is -0.406 e. The molecular weight excluding hydrogens is 433 g/mol. The monoisotopic (exact) mass is 458 g/mol. The van der Waals surface area contributed by atoms with Crippen molar-refractivity contribution in [2.45, 2.75) is 50.9 Å². The number of rotatable bonds is 6. The van der Waals surface area contributed by atoms with Crippen LogP contribution in [0, 0.1) is 0 Å². The predicted molar refractivity (Wildman–Crippen MR) is 117 cm³/mol. The largest absolute Gasteiger partial charge is 0.573 e. The summed E-state index contributed by atoms with van der Waals surface area (Å²) in [6.07, 6.45) is 2.79. The van der Waals surface area contributed by atoms with Crippen molar-refractivity contribution in [3.63, 3.8) is 0 Å². The molecule has 0 unspecified atom stereocenters. The summed E-state index contributed by atoms with van der Waals surface area (Å²) in [4.78, 5) is 15.2. The number of halogens is 3. The smallest absolute Gasteiger partial charge is 0.406 e. The molecule has 9 heteroatoms. The first kappa shape index (κ1) is 22.8. The van der Waals surface area contributed by atoms with E-state index in [4.69, 9.17) is 0 Å². The predicted octanol–water partition coefficient (Wildman–Crippen LogP) is 5.69. The van der Waals surface area contributed by atoms with Gasteiger partial charge in [0, 0.05) is 18.2 Å². The topological polar surface area (TPSA) is 60.2 Å². The Morgan fingerprint density at radius 3 is 2.39 bits per heavy atom. The van der Waals surface area contributed by atoms with E-state index in [-0.39, 0.29) is 17.8 Å². The van der Waals surface area contributed by atoms with Crippen molar-refractivity contribution >= 4 is 6.03 Å². The van der Waals surface area contributed by atoms with E-state index in [2.05, 4.69) is 15.0 Å². The van der Waals surface area contributed by atoms with Gasteiger partial charge in [-0.1, -0.05) is 54.8 Å². The fourth-order valence-corrected chi connectivity index (χ4v) is 4.17. The number of carbonyl (C=O) groups is 1. The van der Waals surface area contributed by atoms with Crippen molar-refractivity contribution < 1.29 is 22.7 Å². The first-order chi connectivity index (χ1) is 15.9. The maximum atomic E-state index is 13.4. The highest BCUT2D eigenvalue weighted by Crippen LogP contribution is 2.26. The summed E-state index contributed by atoms with van der Waals surface area (Å²) in [7, 11) is 0. The molecule has 2 aromatic carbocycles. The lowest BCUT2D eigenvalue weighted by Gasteiger charge is -2.34. The minimum absolute atomic E-state index is 0.154. The summed E-state index contributed by atoms with van der Waals surface area (Å²) in [5.74, 6) is -0.320. The Balaban J connectivity index is 1.49. The van der Waals surface area contributed by atoms with E-state index in [1.54, 1.807) is 0 Å². The zero-order valence-corrected chi connectivity index (χ0v) is 18.0. The Hall–Kier alpha value is -3.36. The Kier molecular flexibility index (Phi) is 6.96. The average molecular weight is 458 g/mol. The molecule has 1 amide bonds.